The molecular weight excluding hydrogens is 492 g/mol. The maximum absolute atomic E-state index is 6.72. The Labute approximate surface area is 206 Å². The smallest absolute Gasteiger partial charge is 0.250 e. The van der Waals surface area contributed by atoms with Gasteiger partial charge >= 0.3 is 0 Å². The lowest BCUT2D eigenvalue weighted by Crippen LogP contribution is -2.44. The van der Waals surface area contributed by atoms with Gasteiger partial charge in [-0.1, -0.05) is 87.8 Å². The predicted octanol–water partition coefficient (Wildman–Crippen LogP) is 9.19. The third-order valence-corrected chi connectivity index (χ3v) is 16.2. The van der Waals surface area contributed by atoms with Crippen molar-refractivity contribution >= 4 is 44.2 Å². The maximum atomic E-state index is 6.72. The van der Waals surface area contributed by atoms with Crippen molar-refractivity contribution in [2.75, 3.05) is 5.33 Å². The third kappa shape index (κ3) is 6.85. The zero-order valence-corrected chi connectivity index (χ0v) is 25.1. The third-order valence-electron chi connectivity index (χ3n) is 6.84. The van der Waals surface area contributed by atoms with E-state index >= 15 is 0 Å². The van der Waals surface area contributed by atoms with Crippen LogP contribution in [-0.2, 0) is 0 Å². The summed E-state index contributed by atoms with van der Waals surface area (Å²) < 4.78 is 13.4. The van der Waals surface area contributed by atoms with Gasteiger partial charge in [0, 0.05) is 11.4 Å². The van der Waals surface area contributed by atoms with Crippen molar-refractivity contribution in [1.82, 2.24) is 0 Å². The van der Waals surface area contributed by atoms with E-state index in [2.05, 4.69) is 126 Å². The highest BCUT2D eigenvalue weighted by molar-refractivity contribution is 9.09. The zero-order valence-electron chi connectivity index (χ0n) is 21.5. The molecular formula is C27H40BrO2Si2. The molecule has 0 bridgehead atoms. The minimum atomic E-state index is -1.99. The van der Waals surface area contributed by atoms with Crippen LogP contribution < -0.4 is 8.85 Å². The van der Waals surface area contributed by atoms with E-state index in [0.717, 1.165) is 28.0 Å². The Kier molecular flexibility index (Phi) is 8.34. The van der Waals surface area contributed by atoms with Gasteiger partial charge in [0.05, 0.1) is 0 Å². The summed E-state index contributed by atoms with van der Waals surface area (Å²) >= 11 is 3.71. The van der Waals surface area contributed by atoms with E-state index in [1.165, 1.54) is 5.57 Å². The van der Waals surface area contributed by atoms with E-state index in [0.29, 0.717) is 0 Å². The summed E-state index contributed by atoms with van der Waals surface area (Å²) in [6, 6.07) is 17.6. The Morgan fingerprint density at radius 1 is 0.844 bits per heavy atom. The fourth-order valence-corrected chi connectivity index (χ4v) is 5.18. The van der Waals surface area contributed by atoms with Gasteiger partial charge in [-0.05, 0) is 71.2 Å². The Morgan fingerprint density at radius 2 is 1.28 bits per heavy atom. The first-order chi connectivity index (χ1) is 14.6. The standard InChI is InChI=1S/C27H40BrO2Si2/c1-26(2,3)31(7,8)29-24-17-22(23(20-28)16-21-14-12-11-13-15-21)18-25(19-24)30-32(9,10)27(4,5)6/h12-19H,20H2,1-10H3. The second-order valence-electron chi connectivity index (χ2n) is 11.6. The molecule has 0 N–H and O–H groups in total. The van der Waals surface area contributed by atoms with E-state index in [9.17, 15) is 0 Å². The lowest BCUT2D eigenvalue weighted by atomic mass is 10.0. The molecule has 5 heteroatoms. The molecule has 2 rings (SSSR count). The highest BCUT2D eigenvalue weighted by Crippen LogP contribution is 2.41. The molecule has 0 fully saturated rings. The quantitative estimate of drug-likeness (QED) is 0.201. The Bertz CT molecular complexity index is 890. The SMILES string of the molecule is CC(C)(C)[Si](C)(C)Oc1cc(O[Si](C)(C)C(C)(C)C)cc(C(=Cc2cc[c]cc2)CBr)c1. The van der Waals surface area contributed by atoms with Gasteiger partial charge in [-0.25, -0.2) is 0 Å². The van der Waals surface area contributed by atoms with Crippen molar-refractivity contribution in [3.05, 3.63) is 59.7 Å². The van der Waals surface area contributed by atoms with Crippen LogP contribution in [0.2, 0.25) is 36.3 Å². The van der Waals surface area contributed by atoms with Gasteiger partial charge in [0.15, 0.2) is 0 Å². The molecule has 0 amide bonds. The predicted molar refractivity (Wildman–Crippen MR) is 149 cm³/mol. The molecule has 32 heavy (non-hydrogen) atoms. The average Bonchev–Trinajstić information content (AvgIpc) is 2.64. The first-order valence-corrected chi connectivity index (χ1v) is 18.3. The molecule has 0 aliphatic heterocycles. The number of allylic oxidation sites excluding steroid dienone is 1. The maximum Gasteiger partial charge on any atom is 0.250 e. The molecule has 2 aromatic rings. The van der Waals surface area contributed by atoms with Crippen LogP contribution in [-0.4, -0.2) is 22.0 Å². The van der Waals surface area contributed by atoms with Gasteiger partial charge in [0.2, 0.25) is 16.6 Å². The van der Waals surface area contributed by atoms with Crippen molar-refractivity contribution in [3.63, 3.8) is 0 Å². The van der Waals surface area contributed by atoms with E-state index < -0.39 is 16.6 Å². The van der Waals surface area contributed by atoms with Crippen LogP contribution in [0.25, 0.3) is 11.6 Å². The monoisotopic (exact) mass is 531 g/mol. The fourth-order valence-electron chi connectivity index (χ4n) is 2.67. The van der Waals surface area contributed by atoms with Crippen LogP contribution in [0.4, 0.5) is 0 Å². The number of hydrogen-bond donors (Lipinski definition) is 0. The number of hydrogen-bond acceptors (Lipinski definition) is 2. The molecule has 0 spiro atoms. The topological polar surface area (TPSA) is 18.5 Å². The minimum Gasteiger partial charge on any atom is -0.543 e. The van der Waals surface area contributed by atoms with Crippen LogP contribution in [0, 0.1) is 6.07 Å². The molecule has 2 nitrogen and oxygen atoms in total. The van der Waals surface area contributed by atoms with Gasteiger partial charge < -0.3 is 8.85 Å². The molecule has 0 saturated carbocycles. The molecule has 0 heterocycles. The molecule has 0 saturated heterocycles. The fraction of sp³-hybridized carbons (Fsp3) is 0.481. The zero-order chi connectivity index (χ0) is 24.4. The van der Waals surface area contributed by atoms with Crippen molar-refractivity contribution in [3.8, 4) is 11.5 Å². The number of rotatable bonds is 7. The summed E-state index contributed by atoms with van der Waals surface area (Å²) in [5.41, 5.74) is 3.47. The Hall–Kier alpha value is -1.31. The minimum absolute atomic E-state index is 0.123. The number of benzene rings is 2. The van der Waals surface area contributed by atoms with E-state index in [1.54, 1.807) is 0 Å². The van der Waals surface area contributed by atoms with Crippen molar-refractivity contribution in [1.29, 1.82) is 0 Å². The van der Waals surface area contributed by atoms with Gasteiger partial charge in [-0.15, -0.1) is 0 Å². The summed E-state index contributed by atoms with van der Waals surface area (Å²) in [6.45, 7) is 22.8. The first-order valence-electron chi connectivity index (χ1n) is 11.3. The molecule has 0 unspecified atom stereocenters. The molecule has 0 aromatic heterocycles. The van der Waals surface area contributed by atoms with Crippen molar-refractivity contribution in [2.24, 2.45) is 0 Å². The van der Waals surface area contributed by atoms with E-state index in [-0.39, 0.29) is 10.1 Å². The summed E-state index contributed by atoms with van der Waals surface area (Å²) in [5, 5.41) is 0.991. The van der Waals surface area contributed by atoms with Crippen molar-refractivity contribution in [2.45, 2.75) is 77.8 Å². The van der Waals surface area contributed by atoms with Crippen LogP contribution in [0.5, 0.6) is 11.5 Å². The number of halogens is 1. The highest BCUT2D eigenvalue weighted by atomic mass is 79.9. The van der Waals surface area contributed by atoms with Gasteiger partial charge in [-0.3, -0.25) is 0 Å². The highest BCUT2D eigenvalue weighted by Gasteiger charge is 2.40. The summed E-state index contributed by atoms with van der Waals surface area (Å²) in [4.78, 5) is 0. The van der Waals surface area contributed by atoms with Crippen LogP contribution in [0.15, 0.2) is 42.5 Å². The second-order valence-corrected chi connectivity index (χ2v) is 21.6. The van der Waals surface area contributed by atoms with Crippen LogP contribution in [0.3, 0.4) is 0 Å². The second kappa shape index (κ2) is 9.90. The van der Waals surface area contributed by atoms with Crippen LogP contribution >= 0.6 is 15.9 Å². The Balaban J connectivity index is 2.58. The van der Waals surface area contributed by atoms with Gasteiger partial charge in [-0.2, -0.15) is 0 Å². The lowest BCUT2D eigenvalue weighted by molar-refractivity contribution is 0.474. The molecule has 1 radical (unpaired) electrons. The van der Waals surface area contributed by atoms with Gasteiger partial charge in [0.1, 0.15) is 11.5 Å². The van der Waals surface area contributed by atoms with Crippen LogP contribution in [0.1, 0.15) is 52.7 Å². The molecule has 175 valence electrons. The normalized spacial score (nSPS) is 13.8. The summed E-state index contributed by atoms with van der Waals surface area (Å²) in [5.74, 6) is 1.80. The number of alkyl halides is 1. The van der Waals surface area contributed by atoms with E-state index in [1.807, 2.05) is 12.1 Å². The molecule has 0 aliphatic carbocycles. The Morgan fingerprint density at radius 3 is 1.66 bits per heavy atom. The molecule has 0 aliphatic rings. The van der Waals surface area contributed by atoms with E-state index in [4.69, 9.17) is 8.85 Å². The van der Waals surface area contributed by atoms with Gasteiger partial charge in [0.25, 0.3) is 0 Å². The molecule has 2 aromatic carbocycles. The lowest BCUT2D eigenvalue weighted by Gasteiger charge is -2.38. The average molecular weight is 533 g/mol. The first kappa shape index (κ1) is 26.9. The van der Waals surface area contributed by atoms with Crippen molar-refractivity contribution < 1.29 is 8.85 Å². The molecule has 0 atom stereocenters. The largest absolute Gasteiger partial charge is 0.543 e. The summed E-state index contributed by atoms with van der Waals surface area (Å²) in [6.07, 6.45) is 2.21. The summed E-state index contributed by atoms with van der Waals surface area (Å²) in [7, 11) is -3.97.